The summed E-state index contributed by atoms with van der Waals surface area (Å²) < 4.78 is 26.0. The average molecular weight is 263 g/mol. The molecule has 4 heteroatoms. The second-order valence-electron chi connectivity index (χ2n) is 4.68. The molecule has 1 fully saturated rings. The van der Waals surface area contributed by atoms with Crippen LogP contribution in [0, 0.1) is 18.3 Å². The zero-order valence-electron chi connectivity index (χ0n) is 10.2. The number of terminal acetylenes is 1. The first kappa shape index (κ1) is 13.1. The fourth-order valence-corrected chi connectivity index (χ4v) is 3.35. The molecule has 0 aliphatic heterocycles. The van der Waals surface area contributed by atoms with Crippen molar-refractivity contribution in [2.75, 3.05) is 13.1 Å². The third-order valence-corrected chi connectivity index (χ3v) is 4.77. The van der Waals surface area contributed by atoms with Crippen LogP contribution in [0.3, 0.4) is 0 Å². The molecular weight excluding hydrogens is 246 g/mol. The molecule has 96 valence electrons. The van der Waals surface area contributed by atoms with E-state index in [2.05, 4.69) is 5.92 Å². The molecule has 0 bridgehead atoms. The van der Waals surface area contributed by atoms with Gasteiger partial charge in [-0.25, -0.2) is 8.42 Å². The predicted octanol–water partition coefficient (Wildman–Crippen LogP) is 1.86. The Hall–Kier alpha value is -1.31. The van der Waals surface area contributed by atoms with E-state index in [1.165, 1.54) is 4.31 Å². The molecule has 1 aromatic carbocycles. The standard InChI is InChI=1S/C14H17NO2S/c1-2-10-15(11-13-8-9-13)18(16,17)12-14-6-4-3-5-7-14/h1,3-7,13H,8-12H2. The average Bonchev–Trinajstić information content (AvgIpc) is 3.13. The summed E-state index contributed by atoms with van der Waals surface area (Å²) in [6.45, 7) is 0.741. The highest BCUT2D eigenvalue weighted by Crippen LogP contribution is 2.30. The van der Waals surface area contributed by atoms with Crippen molar-refractivity contribution in [3.8, 4) is 12.3 Å². The number of sulfonamides is 1. The number of hydrogen-bond donors (Lipinski definition) is 0. The Bertz CT molecular complexity index is 527. The highest BCUT2D eigenvalue weighted by atomic mass is 32.2. The van der Waals surface area contributed by atoms with Crippen molar-refractivity contribution in [3.05, 3.63) is 35.9 Å². The topological polar surface area (TPSA) is 37.4 Å². The molecule has 0 heterocycles. The highest BCUT2D eigenvalue weighted by Gasteiger charge is 2.30. The van der Waals surface area contributed by atoms with Gasteiger partial charge in [0, 0.05) is 6.54 Å². The molecule has 1 aliphatic rings. The molecule has 0 radical (unpaired) electrons. The Morgan fingerprint density at radius 2 is 1.94 bits per heavy atom. The van der Waals surface area contributed by atoms with Crippen LogP contribution < -0.4 is 0 Å². The van der Waals surface area contributed by atoms with Crippen LogP contribution >= 0.6 is 0 Å². The van der Waals surface area contributed by atoms with Crippen molar-refractivity contribution in [2.24, 2.45) is 5.92 Å². The first-order chi connectivity index (χ1) is 8.62. The quantitative estimate of drug-likeness (QED) is 0.735. The summed E-state index contributed by atoms with van der Waals surface area (Å²) in [7, 11) is -3.30. The fourth-order valence-electron chi connectivity index (χ4n) is 1.84. The molecule has 0 unspecified atom stereocenters. The van der Waals surface area contributed by atoms with Gasteiger partial charge < -0.3 is 0 Å². The van der Waals surface area contributed by atoms with Crippen LogP contribution in [0.2, 0.25) is 0 Å². The van der Waals surface area contributed by atoms with Crippen molar-refractivity contribution in [2.45, 2.75) is 18.6 Å². The fraction of sp³-hybridized carbons (Fsp3) is 0.429. The smallest absolute Gasteiger partial charge is 0.212 e. The number of hydrogen-bond acceptors (Lipinski definition) is 2. The lowest BCUT2D eigenvalue weighted by Gasteiger charge is -2.19. The lowest BCUT2D eigenvalue weighted by atomic mass is 10.2. The molecule has 0 aromatic heterocycles. The van der Waals surface area contributed by atoms with Crippen LogP contribution in [0.15, 0.2) is 30.3 Å². The SMILES string of the molecule is C#CCN(CC1CC1)S(=O)(=O)Cc1ccccc1. The van der Waals surface area contributed by atoms with Crippen LogP contribution in [0.25, 0.3) is 0 Å². The Labute approximate surface area is 109 Å². The van der Waals surface area contributed by atoms with Gasteiger partial charge in [-0.15, -0.1) is 6.42 Å². The van der Waals surface area contributed by atoms with Gasteiger partial charge in [0.1, 0.15) is 0 Å². The van der Waals surface area contributed by atoms with E-state index in [0.717, 1.165) is 18.4 Å². The van der Waals surface area contributed by atoms with Gasteiger partial charge in [0.25, 0.3) is 0 Å². The second-order valence-corrected chi connectivity index (χ2v) is 6.65. The molecule has 18 heavy (non-hydrogen) atoms. The third-order valence-electron chi connectivity index (χ3n) is 3.01. The Balaban J connectivity index is 2.09. The van der Waals surface area contributed by atoms with Crippen LogP contribution in [-0.4, -0.2) is 25.8 Å². The zero-order chi connectivity index (χ0) is 13.0. The number of benzene rings is 1. The minimum atomic E-state index is -3.30. The van der Waals surface area contributed by atoms with Crippen molar-refractivity contribution in [1.29, 1.82) is 0 Å². The van der Waals surface area contributed by atoms with Crippen LogP contribution in [0.1, 0.15) is 18.4 Å². The zero-order valence-corrected chi connectivity index (χ0v) is 11.1. The van der Waals surface area contributed by atoms with Gasteiger partial charge in [-0.3, -0.25) is 0 Å². The van der Waals surface area contributed by atoms with Crippen molar-refractivity contribution in [1.82, 2.24) is 4.31 Å². The maximum absolute atomic E-state index is 12.3. The largest absolute Gasteiger partial charge is 0.219 e. The maximum atomic E-state index is 12.3. The van der Waals surface area contributed by atoms with Gasteiger partial charge in [-0.1, -0.05) is 36.3 Å². The van der Waals surface area contributed by atoms with E-state index < -0.39 is 10.0 Å². The van der Waals surface area contributed by atoms with Gasteiger partial charge in [-0.2, -0.15) is 4.31 Å². The molecule has 0 spiro atoms. The van der Waals surface area contributed by atoms with E-state index in [4.69, 9.17) is 6.42 Å². The van der Waals surface area contributed by atoms with Crippen LogP contribution in [-0.2, 0) is 15.8 Å². The van der Waals surface area contributed by atoms with Gasteiger partial charge in [0.05, 0.1) is 12.3 Å². The Morgan fingerprint density at radius 1 is 1.28 bits per heavy atom. The van der Waals surface area contributed by atoms with Crippen LogP contribution in [0.5, 0.6) is 0 Å². The molecule has 1 aliphatic carbocycles. The lowest BCUT2D eigenvalue weighted by molar-refractivity contribution is 0.429. The Kier molecular flexibility index (Phi) is 4.05. The summed E-state index contributed by atoms with van der Waals surface area (Å²) in [4.78, 5) is 0. The minimum absolute atomic E-state index is 0.0300. The lowest BCUT2D eigenvalue weighted by Crippen LogP contribution is -2.34. The summed E-state index contributed by atoms with van der Waals surface area (Å²) in [6.07, 6.45) is 7.49. The summed E-state index contributed by atoms with van der Waals surface area (Å²) in [5.74, 6) is 2.97. The molecule has 3 nitrogen and oxygen atoms in total. The van der Waals surface area contributed by atoms with Gasteiger partial charge in [0.15, 0.2) is 0 Å². The van der Waals surface area contributed by atoms with E-state index in [0.29, 0.717) is 12.5 Å². The first-order valence-electron chi connectivity index (χ1n) is 6.07. The van der Waals surface area contributed by atoms with E-state index in [1.54, 1.807) is 0 Å². The summed E-state index contributed by atoms with van der Waals surface area (Å²) in [6, 6.07) is 9.21. The summed E-state index contributed by atoms with van der Waals surface area (Å²) in [5.41, 5.74) is 0.801. The van der Waals surface area contributed by atoms with Crippen molar-refractivity contribution < 1.29 is 8.42 Å². The highest BCUT2D eigenvalue weighted by molar-refractivity contribution is 7.88. The first-order valence-corrected chi connectivity index (χ1v) is 7.68. The third kappa shape index (κ3) is 3.59. The summed E-state index contributed by atoms with van der Waals surface area (Å²) >= 11 is 0. The molecule has 2 rings (SSSR count). The van der Waals surface area contributed by atoms with E-state index in [1.807, 2.05) is 30.3 Å². The molecule has 1 aromatic rings. The van der Waals surface area contributed by atoms with Crippen LogP contribution in [0.4, 0.5) is 0 Å². The van der Waals surface area contributed by atoms with Gasteiger partial charge >= 0.3 is 0 Å². The van der Waals surface area contributed by atoms with Crippen molar-refractivity contribution >= 4 is 10.0 Å². The summed E-state index contributed by atoms with van der Waals surface area (Å²) in [5, 5.41) is 0. The molecule has 0 atom stereocenters. The van der Waals surface area contributed by atoms with Gasteiger partial charge in [0.2, 0.25) is 10.0 Å². The molecular formula is C14H17NO2S. The molecule has 0 amide bonds. The minimum Gasteiger partial charge on any atom is -0.212 e. The second kappa shape index (κ2) is 5.55. The van der Waals surface area contributed by atoms with E-state index in [-0.39, 0.29) is 12.3 Å². The van der Waals surface area contributed by atoms with Gasteiger partial charge in [-0.05, 0) is 24.3 Å². The molecule has 0 saturated heterocycles. The maximum Gasteiger partial charge on any atom is 0.219 e. The van der Waals surface area contributed by atoms with E-state index >= 15 is 0 Å². The van der Waals surface area contributed by atoms with E-state index in [9.17, 15) is 8.42 Å². The Morgan fingerprint density at radius 3 is 2.50 bits per heavy atom. The van der Waals surface area contributed by atoms with Crippen molar-refractivity contribution in [3.63, 3.8) is 0 Å². The number of nitrogens with zero attached hydrogens (tertiary/aromatic N) is 1. The molecule has 1 saturated carbocycles. The molecule has 0 N–H and O–H groups in total. The predicted molar refractivity (Wildman–Crippen MR) is 72.2 cm³/mol. The monoisotopic (exact) mass is 263 g/mol. The normalized spacial score (nSPS) is 15.6. The number of rotatable bonds is 6.